The Labute approximate surface area is 103 Å². The van der Waals surface area contributed by atoms with Gasteiger partial charge in [-0.1, -0.05) is 11.8 Å². The van der Waals surface area contributed by atoms with Gasteiger partial charge in [0, 0.05) is 17.6 Å². The van der Waals surface area contributed by atoms with Gasteiger partial charge in [0.05, 0.1) is 12.5 Å². The van der Waals surface area contributed by atoms with Crippen LogP contribution < -0.4 is 5.73 Å². The zero-order valence-corrected chi connectivity index (χ0v) is 10.1. The highest BCUT2D eigenvalue weighted by Gasteiger charge is 2.06. The molecule has 0 unspecified atom stereocenters. The maximum atomic E-state index is 8.70. The lowest BCUT2D eigenvalue weighted by molar-refractivity contribution is 0.685. The predicted molar refractivity (Wildman–Crippen MR) is 65.3 cm³/mol. The molecule has 1 aromatic carbocycles. The van der Waals surface area contributed by atoms with Crippen molar-refractivity contribution >= 4 is 17.4 Å². The average Bonchev–Trinajstić information content (AvgIpc) is 2.70. The second-order valence-corrected chi connectivity index (χ2v) is 4.50. The summed E-state index contributed by atoms with van der Waals surface area (Å²) in [7, 11) is 1.84. The molecule has 1 aromatic heterocycles. The van der Waals surface area contributed by atoms with Gasteiger partial charge in [-0.2, -0.15) is 10.4 Å². The van der Waals surface area contributed by atoms with Gasteiger partial charge >= 0.3 is 0 Å². The Morgan fingerprint density at radius 2 is 2.35 bits per heavy atom. The Bertz CT molecular complexity index is 569. The molecule has 0 aliphatic heterocycles. The highest BCUT2D eigenvalue weighted by Crippen LogP contribution is 2.28. The third-order valence-electron chi connectivity index (χ3n) is 2.26. The van der Waals surface area contributed by atoms with E-state index in [0.717, 1.165) is 15.6 Å². The Morgan fingerprint density at radius 3 is 3.00 bits per heavy atom. The van der Waals surface area contributed by atoms with Crippen LogP contribution >= 0.6 is 11.8 Å². The molecule has 0 amide bonds. The second kappa shape index (κ2) is 4.89. The molecular weight excluding hydrogens is 234 g/mol. The number of nitrogens with two attached hydrogens (primary N) is 1. The van der Waals surface area contributed by atoms with Crippen molar-refractivity contribution < 1.29 is 0 Å². The normalized spacial score (nSPS) is 10.1. The van der Waals surface area contributed by atoms with Crippen molar-refractivity contribution in [2.75, 3.05) is 5.73 Å². The molecular formula is C11H11N5S. The molecule has 0 bridgehead atoms. The van der Waals surface area contributed by atoms with E-state index in [1.165, 1.54) is 18.1 Å². The van der Waals surface area contributed by atoms with Crippen LogP contribution in [0.15, 0.2) is 34.6 Å². The van der Waals surface area contributed by atoms with Gasteiger partial charge in [0.2, 0.25) is 0 Å². The van der Waals surface area contributed by atoms with Crippen molar-refractivity contribution in [1.29, 1.82) is 5.26 Å². The molecule has 17 heavy (non-hydrogen) atoms. The fourth-order valence-corrected chi connectivity index (χ4v) is 2.19. The lowest BCUT2D eigenvalue weighted by Gasteiger charge is -2.05. The van der Waals surface area contributed by atoms with Crippen LogP contribution in [-0.4, -0.2) is 14.8 Å². The Kier molecular flexibility index (Phi) is 3.30. The number of rotatable bonds is 3. The van der Waals surface area contributed by atoms with Crippen molar-refractivity contribution in [2.45, 2.75) is 16.5 Å². The van der Waals surface area contributed by atoms with Gasteiger partial charge in [0.1, 0.15) is 6.33 Å². The number of nitrogen functional groups attached to an aromatic ring is 1. The Morgan fingerprint density at radius 1 is 1.53 bits per heavy atom. The summed E-state index contributed by atoms with van der Waals surface area (Å²) in [6.45, 7) is 0. The quantitative estimate of drug-likeness (QED) is 0.831. The number of nitrogens with zero attached hydrogens (tertiary/aromatic N) is 4. The number of aryl methyl sites for hydroxylation is 1. The van der Waals surface area contributed by atoms with Crippen LogP contribution in [0.3, 0.4) is 0 Å². The third kappa shape index (κ3) is 2.57. The van der Waals surface area contributed by atoms with Gasteiger partial charge in [0.25, 0.3) is 0 Å². The summed E-state index contributed by atoms with van der Waals surface area (Å²) >= 11 is 1.49. The standard InChI is InChI=1S/C11H11N5S/c1-16-11(14-7-15-16)17-9-2-3-10(13)8(6-9)4-5-12/h2-3,6-7H,4,13H2,1H3. The molecule has 2 rings (SSSR count). The first-order chi connectivity index (χ1) is 8.20. The molecule has 86 valence electrons. The summed E-state index contributed by atoms with van der Waals surface area (Å²) in [6, 6.07) is 7.74. The topological polar surface area (TPSA) is 80.5 Å². The van der Waals surface area contributed by atoms with E-state index in [1.54, 1.807) is 4.68 Å². The van der Waals surface area contributed by atoms with E-state index in [9.17, 15) is 0 Å². The van der Waals surface area contributed by atoms with Crippen molar-refractivity contribution in [3.63, 3.8) is 0 Å². The van der Waals surface area contributed by atoms with Gasteiger partial charge in [-0.15, -0.1) is 0 Å². The van der Waals surface area contributed by atoms with Crippen molar-refractivity contribution in [3.8, 4) is 6.07 Å². The average molecular weight is 245 g/mol. The van der Waals surface area contributed by atoms with Crippen molar-refractivity contribution in [1.82, 2.24) is 14.8 Å². The van der Waals surface area contributed by atoms with E-state index in [0.29, 0.717) is 12.1 Å². The molecule has 1 heterocycles. The van der Waals surface area contributed by atoms with Crippen LogP contribution in [0.1, 0.15) is 5.56 Å². The van der Waals surface area contributed by atoms with Gasteiger partial charge in [-0.05, 0) is 23.8 Å². The Hall–Kier alpha value is -2.00. The van der Waals surface area contributed by atoms with Crippen LogP contribution in [0.2, 0.25) is 0 Å². The molecule has 0 aliphatic carbocycles. The fraction of sp³-hybridized carbons (Fsp3) is 0.182. The molecule has 2 aromatic rings. The second-order valence-electron chi connectivity index (χ2n) is 3.46. The van der Waals surface area contributed by atoms with Crippen molar-refractivity contribution in [3.05, 3.63) is 30.1 Å². The minimum absolute atomic E-state index is 0.319. The minimum atomic E-state index is 0.319. The van der Waals surface area contributed by atoms with E-state index >= 15 is 0 Å². The number of anilines is 1. The number of nitriles is 1. The van der Waals surface area contributed by atoms with Crippen molar-refractivity contribution in [2.24, 2.45) is 7.05 Å². The summed E-state index contributed by atoms with van der Waals surface area (Å²) in [5.41, 5.74) is 7.28. The summed E-state index contributed by atoms with van der Waals surface area (Å²) < 4.78 is 1.70. The molecule has 0 saturated heterocycles. The molecule has 0 radical (unpaired) electrons. The number of hydrogen-bond donors (Lipinski definition) is 1. The fourth-order valence-electron chi connectivity index (χ4n) is 1.37. The molecule has 0 saturated carbocycles. The molecule has 0 spiro atoms. The SMILES string of the molecule is Cn1ncnc1Sc1ccc(N)c(CC#N)c1. The molecule has 0 fully saturated rings. The van der Waals surface area contributed by atoms with Gasteiger partial charge in [0.15, 0.2) is 5.16 Å². The molecule has 0 atom stereocenters. The van der Waals surface area contributed by atoms with Crippen LogP contribution in [0.5, 0.6) is 0 Å². The van der Waals surface area contributed by atoms with Gasteiger partial charge in [-0.25, -0.2) is 9.67 Å². The van der Waals surface area contributed by atoms with E-state index in [2.05, 4.69) is 16.2 Å². The van der Waals surface area contributed by atoms with Gasteiger partial charge < -0.3 is 5.73 Å². The van der Waals surface area contributed by atoms with E-state index in [-0.39, 0.29) is 0 Å². The maximum Gasteiger partial charge on any atom is 0.190 e. The Balaban J connectivity index is 2.26. The van der Waals surface area contributed by atoms with Crippen LogP contribution in [0, 0.1) is 11.3 Å². The number of benzene rings is 1. The summed E-state index contributed by atoms with van der Waals surface area (Å²) in [5, 5.41) is 13.5. The minimum Gasteiger partial charge on any atom is -0.398 e. The summed E-state index contributed by atoms with van der Waals surface area (Å²) in [4.78, 5) is 5.13. The highest BCUT2D eigenvalue weighted by atomic mass is 32.2. The first-order valence-electron chi connectivity index (χ1n) is 4.98. The van der Waals surface area contributed by atoms with Gasteiger partial charge in [-0.3, -0.25) is 0 Å². The molecule has 6 heteroatoms. The van der Waals surface area contributed by atoms with E-state index < -0.39 is 0 Å². The monoisotopic (exact) mass is 245 g/mol. The summed E-state index contributed by atoms with van der Waals surface area (Å²) in [5.74, 6) is 0. The smallest absolute Gasteiger partial charge is 0.190 e. The van der Waals surface area contributed by atoms with Crippen LogP contribution in [0.4, 0.5) is 5.69 Å². The zero-order chi connectivity index (χ0) is 12.3. The first-order valence-corrected chi connectivity index (χ1v) is 5.79. The first kappa shape index (κ1) is 11.5. The predicted octanol–water partition coefficient (Wildman–Crippen LogP) is 1.61. The summed E-state index contributed by atoms with van der Waals surface area (Å²) in [6.07, 6.45) is 1.83. The molecule has 5 nitrogen and oxygen atoms in total. The number of hydrogen-bond acceptors (Lipinski definition) is 5. The molecule has 0 aliphatic rings. The van der Waals surface area contributed by atoms with E-state index in [1.807, 2.05) is 25.2 Å². The van der Waals surface area contributed by atoms with E-state index in [4.69, 9.17) is 11.0 Å². The largest absolute Gasteiger partial charge is 0.398 e. The molecule has 2 N–H and O–H groups in total. The maximum absolute atomic E-state index is 8.70. The van der Waals surface area contributed by atoms with Crippen LogP contribution in [0.25, 0.3) is 0 Å². The number of aromatic nitrogens is 3. The third-order valence-corrected chi connectivity index (χ3v) is 3.30. The zero-order valence-electron chi connectivity index (χ0n) is 9.29. The lowest BCUT2D eigenvalue weighted by atomic mass is 10.1. The van der Waals surface area contributed by atoms with Crippen LogP contribution in [-0.2, 0) is 13.5 Å². The lowest BCUT2D eigenvalue weighted by Crippen LogP contribution is -1.95. The highest BCUT2D eigenvalue weighted by molar-refractivity contribution is 7.99.